The second kappa shape index (κ2) is 9.76. The number of aliphatic hydroxyl groups is 6. The summed E-state index contributed by atoms with van der Waals surface area (Å²) in [5, 5.41) is 54.8. The number of hydrogen-bond donors (Lipinski definition) is 6. The van der Waals surface area contributed by atoms with E-state index in [1.807, 2.05) is 0 Å². The zero-order valence-electron chi connectivity index (χ0n) is 9.94. The molecule has 0 radical (unpaired) electrons. The van der Waals surface area contributed by atoms with Crippen molar-refractivity contribution in [3.8, 4) is 0 Å². The van der Waals surface area contributed by atoms with Gasteiger partial charge in [0.1, 0.15) is 0 Å². The molecule has 6 N–H and O–H groups in total. The largest absolute Gasteiger partial charge is 0.396 e. The molecule has 6 nitrogen and oxygen atoms in total. The normalized spacial score (nSPS) is 18.7. The summed E-state index contributed by atoms with van der Waals surface area (Å²) in [6, 6.07) is 0. The van der Waals surface area contributed by atoms with Crippen LogP contribution in [0.15, 0.2) is 0 Å². The molecule has 0 saturated heterocycles. The summed E-state index contributed by atoms with van der Waals surface area (Å²) in [5.74, 6) is 0. The highest BCUT2D eigenvalue weighted by atomic mass is 16.3. The Morgan fingerprint density at radius 3 is 1.12 bits per heavy atom. The van der Waals surface area contributed by atoms with Crippen LogP contribution in [0.1, 0.15) is 32.1 Å². The first-order valence-corrected chi connectivity index (χ1v) is 5.93. The van der Waals surface area contributed by atoms with E-state index in [1.165, 1.54) is 0 Å². The fraction of sp³-hybridized carbons (Fsp3) is 1.00. The Kier molecular flexibility index (Phi) is 9.62. The first-order chi connectivity index (χ1) is 7.99. The minimum atomic E-state index is -0.868. The molecule has 0 bridgehead atoms. The van der Waals surface area contributed by atoms with Gasteiger partial charge in [-0.25, -0.2) is 0 Å². The summed E-state index contributed by atoms with van der Waals surface area (Å²) in [5.41, 5.74) is 0. The van der Waals surface area contributed by atoms with Gasteiger partial charge in [-0.1, -0.05) is 0 Å². The summed E-state index contributed by atoms with van der Waals surface area (Å²) in [7, 11) is 0. The van der Waals surface area contributed by atoms with Gasteiger partial charge < -0.3 is 30.6 Å². The molecule has 4 unspecified atom stereocenters. The van der Waals surface area contributed by atoms with Crippen LogP contribution in [0, 0.1) is 0 Å². The van der Waals surface area contributed by atoms with Gasteiger partial charge in [0, 0.05) is 13.2 Å². The highest BCUT2D eigenvalue weighted by Gasteiger charge is 2.18. The Morgan fingerprint density at radius 1 is 0.529 bits per heavy atom. The SMILES string of the molecule is OCCC(O)CC(O)CC(O)CC(O)CCO. The molecule has 0 rings (SSSR count). The van der Waals surface area contributed by atoms with Gasteiger partial charge in [0.2, 0.25) is 0 Å². The molecule has 0 aromatic carbocycles. The van der Waals surface area contributed by atoms with E-state index in [9.17, 15) is 20.4 Å². The van der Waals surface area contributed by atoms with E-state index in [2.05, 4.69) is 0 Å². The molecular weight excluding hydrogens is 228 g/mol. The van der Waals surface area contributed by atoms with Crippen molar-refractivity contribution in [3.05, 3.63) is 0 Å². The van der Waals surface area contributed by atoms with Crippen molar-refractivity contribution >= 4 is 0 Å². The number of aliphatic hydroxyl groups excluding tert-OH is 6. The Morgan fingerprint density at radius 2 is 0.824 bits per heavy atom. The van der Waals surface area contributed by atoms with Gasteiger partial charge in [-0.15, -0.1) is 0 Å². The van der Waals surface area contributed by atoms with Crippen LogP contribution in [-0.4, -0.2) is 68.3 Å². The summed E-state index contributed by atoms with van der Waals surface area (Å²) >= 11 is 0. The van der Waals surface area contributed by atoms with Crippen LogP contribution in [0.4, 0.5) is 0 Å². The lowest BCUT2D eigenvalue weighted by Crippen LogP contribution is -2.26. The van der Waals surface area contributed by atoms with Gasteiger partial charge in [-0.2, -0.15) is 0 Å². The van der Waals surface area contributed by atoms with E-state index >= 15 is 0 Å². The Balaban J connectivity index is 3.74. The standard InChI is InChI=1S/C11H24O6/c12-3-1-8(14)5-10(16)7-11(17)6-9(15)2-4-13/h8-17H,1-7H2. The van der Waals surface area contributed by atoms with Gasteiger partial charge in [0.05, 0.1) is 24.4 Å². The highest BCUT2D eigenvalue weighted by molar-refractivity contribution is 4.70. The van der Waals surface area contributed by atoms with Crippen molar-refractivity contribution in [1.82, 2.24) is 0 Å². The summed E-state index contributed by atoms with van der Waals surface area (Å²) in [4.78, 5) is 0. The minimum Gasteiger partial charge on any atom is -0.396 e. The molecule has 0 amide bonds. The predicted molar refractivity (Wildman–Crippen MR) is 61.3 cm³/mol. The maximum absolute atomic E-state index is 9.53. The van der Waals surface area contributed by atoms with Crippen molar-refractivity contribution in [2.24, 2.45) is 0 Å². The molecule has 0 saturated carbocycles. The van der Waals surface area contributed by atoms with Crippen molar-refractivity contribution < 1.29 is 30.6 Å². The molecule has 0 spiro atoms. The zero-order valence-corrected chi connectivity index (χ0v) is 9.94. The molecule has 104 valence electrons. The van der Waals surface area contributed by atoms with Crippen LogP contribution in [0.2, 0.25) is 0 Å². The van der Waals surface area contributed by atoms with Crippen molar-refractivity contribution in [3.63, 3.8) is 0 Å². The fourth-order valence-corrected chi connectivity index (χ4v) is 1.67. The third kappa shape index (κ3) is 9.46. The van der Waals surface area contributed by atoms with Gasteiger partial charge >= 0.3 is 0 Å². The molecule has 0 aliphatic carbocycles. The first kappa shape index (κ1) is 16.8. The van der Waals surface area contributed by atoms with Gasteiger partial charge in [0.15, 0.2) is 0 Å². The van der Waals surface area contributed by atoms with Crippen LogP contribution >= 0.6 is 0 Å². The topological polar surface area (TPSA) is 121 Å². The van der Waals surface area contributed by atoms with Gasteiger partial charge in [-0.3, -0.25) is 0 Å². The summed E-state index contributed by atoms with van der Waals surface area (Å²) < 4.78 is 0. The molecule has 0 aromatic heterocycles. The van der Waals surface area contributed by atoms with Crippen molar-refractivity contribution in [2.45, 2.75) is 56.5 Å². The second-order valence-corrected chi connectivity index (χ2v) is 4.35. The molecule has 0 heterocycles. The molecular formula is C11H24O6. The van der Waals surface area contributed by atoms with E-state index in [-0.39, 0.29) is 45.3 Å². The van der Waals surface area contributed by atoms with Gasteiger partial charge in [-0.05, 0) is 32.1 Å². The monoisotopic (exact) mass is 252 g/mol. The minimum absolute atomic E-state index is 0.0605. The van der Waals surface area contributed by atoms with E-state index < -0.39 is 24.4 Å². The van der Waals surface area contributed by atoms with E-state index in [4.69, 9.17) is 10.2 Å². The van der Waals surface area contributed by atoms with E-state index in [0.717, 1.165) is 0 Å². The van der Waals surface area contributed by atoms with Crippen LogP contribution in [0.5, 0.6) is 0 Å². The fourth-order valence-electron chi connectivity index (χ4n) is 1.67. The average molecular weight is 252 g/mol. The molecule has 17 heavy (non-hydrogen) atoms. The lowest BCUT2D eigenvalue weighted by molar-refractivity contribution is 0.0110. The maximum atomic E-state index is 9.53. The molecule has 0 aromatic rings. The van der Waals surface area contributed by atoms with Crippen LogP contribution < -0.4 is 0 Å². The highest BCUT2D eigenvalue weighted by Crippen LogP contribution is 2.12. The first-order valence-electron chi connectivity index (χ1n) is 5.93. The van der Waals surface area contributed by atoms with E-state index in [0.29, 0.717) is 0 Å². The third-order valence-electron chi connectivity index (χ3n) is 2.56. The van der Waals surface area contributed by atoms with Crippen molar-refractivity contribution in [1.29, 1.82) is 0 Å². The predicted octanol–water partition coefficient (Wildman–Crippen LogP) is -1.63. The molecule has 6 heteroatoms. The molecule has 0 aliphatic rings. The quantitative estimate of drug-likeness (QED) is 0.277. The lowest BCUT2D eigenvalue weighted by atomic mass is 10.00. The zero-order chi connectivity index (χ0) is 13.3. The Bertz CT molecular complexity index is 159. The molecule has 0 aliphatic heterocycles. The number of hydrogen-bond acceptors (Lipinski definition) is 6. The summed E-state index contributed by atoms with van der Waals surface area (Å²) in [6.45, 7) is -0.294. The lowest BCUT2D eigenvalue weighted by Gasteiger charge is -2.19. The van der Waals surface area contributed by atoms with Crippen LogP contribution in [0.25, 0.3) is 0 Å². The average Bonchev–Trinajstić information content (AvgIpc) is 2.16. The second-order valence-electron chi connectivity index (χ2n) is 4.35. The molecule has 0 fully saturated rings. The van der Waals surface area contributed by atoms with Gasteiger partial charge in [0.25, 0.3) is 0 Å². The Hall–Kier alpha value is -0.240. The molecule has 4 atom stereocenters. The Labute approximate surface area is 101 Å². The van der Waals surface area contributed by atoms with E-state index in [1.54, 1.807) is 0 Å². The summed E-state index contributed by atoms with van der Waals surface area (Å²) in [6.07, 6.45) is -2.68. The maximum Gasteiger partial charge on any atom is 0.0589 e. The van der Waals surface area contributed by atoms with Crippen LogP contribution in [0.3, 0.4) is 0 Å². The number of rotatable bonds is 10. The smallest absolute Gasteiger partial charge is 0.0589 e. The third-order valence-corrected chi connectivity index (χ3v) is 2.56. The van der Waals surface area contributed by atoms with Crippen molar-refractivity contribution in [2.75, 3.05) is 13.2 Å². The van der Waals surface area contributed by atoms with Crippen LogP contribution in [-0.2, 0) is 0 Å².